The lowest BCUT2D eigenvalue weighted by atomic mass is 10.0. The number of nitrogens with one attached hydrogen (secondary N) is 1. The van der Waals surface area contributed by atoms with Gasteiger partial charge in [0.15, 0.2) is 11.6 Å². The second-order valence-corrected chi connectivity index (χ2v) is 5.50. The van der Waals surface area contributed by atoms with Gasteiger partial charge in [-0.15, -0.1) is 11.3 Å². The Bertz CT molecular complexity index is 531. The van der Waals surface area contributed by atoms with E-state index in [1.165, 1.54) is 12.0 Å². The van der Waals surface area contributed by atoms with Crippen LogP contribution in [0.1, 0.15) is 29.8 Å². The highest BCUT2D eigenvalue weighted by atomic mass is 32.1. The molecule has 0 aliphatic heterocycles. The van der Waals surface area contributed by atoms with Crippen LogP contribution < -0.4 is 10.1 Å². The minimum absolute atomic E-state index is 0.176. The van der Waals surface area contributed by atoms with Gasteiger partial charge >= 0.3 is 0 Å². The third-order valence-corrected chi connectivity index (χ3v) is 3.98. The molecule has 0 fully saturated rings. The molecule has 1 heterocycles. The van der Waals surface area contributed by atoms with Gasteiger partial charge in [0.25, 0.3) is 0 Å². The van der Waals surface area contributed by atoms with Crippen molar-refractivity contribution in [2.45, 2.75) is 25.8 Å². The van der Waals surface area contributed by atoms with Crippen LogP contribution in [0.4, 0.5) is 4.39 Å². The monoisotopic (exact) mass is 294 g/mol. The molecule has 2 aromatic rings. The van der Waals surface area contributed by atoms with E-state index in [0.29, 0.717) is 0 Å². The van der Waals surface area contributed by atoms with Gasteiger partial charge in [0.05, 0.1) is 12.6 Å². The van der Waals surface area contributed by atoms with Crippen molar-refractivity contribution in [3.63, 3.8) is 0 Å². The van der Waals surface area contributed by atoms with Crippen molar-refractivity contribution in [1.82, 2.24) is 10.3 Å². The van der Waals surface area contributed by atoms with Gasteiger partial charge in [-0.3, -0.25) is 4.98 Å². The summed E-state index contributed by atoms with van der Waals surface area (Å²) >= 11 is 1.62. The summed E-state index contributed by atoms with van der Waals surface area (Å²) in [6.07, 6.45) is 3.67. The molecular formula is C15H19FN2OS. The maximum absolute atomic E-state index is 13.7. The summed E-state index contributed by atoms with van der Waals surface area (Å²) in [5, 5.41) is 3.49. The van der Waals surface area contributed by atoms with E-state index in [2.05, 4.69) is 17.2 Å². The van der Waals surface area contributed by atoms with Crippen LogP contribution in [0.3, 0.4) is 0 Å². The molecule has 0 aliphatic carbocycles. The first kappa shape index (κ1) is 14.9. The van der Waals surface area contributed by atoms with E-state index in [-0.39, 0.29) is 17.6 Å². The van der Waals surface area contributed by atoms with Crippen molar-refractivity contribution in [2.75, 3.05) is 13.7 Å². The van der Waals surface area contributed by atoms with E-state index < -0.39 is 0 Å². The highest BCUT2D eigenvalue weighted by molar-refractivity contribution is 7.09. The van der Waals surface area contributed by atoms with Gasteiger partial charge in [0.2, 0.25) is 0 Å². The van der Waals surface area contributed by atoms with Crippen LogP contribution in [-0.2, 0) is 6.42 Å². The van der Waals surface area contributed by atoms with E-state index >= 15 is 0 Å². The van der Waals surface area contributed by atoms with Crippen LogP contribution in [0.5, 0.6) is 5.75 Å². The fourth-order valence-electron chi connectivity index (χ4n) is 2.06. The molecule has 1 atom stereocenters. The molecule has 5 heteroatoms. The Morgan fingerprint density at radius 2 is 2.30 bits per heavy atom. The summed E-state index contributed by atoms with van der Waals surface area (Å²) in [5.74, 6) is -0.0341. The molecule has 1 N–H and O–H groups in total. The first-order valence-electron chi connectivity index (χ1n) is 6.68. The molecule has 0 bridgehead atoms. The third-order valence-electron chi connectivity index (χ3n) is 3.09. The zero-order valence-corrected chi connectivity index (χ0v) is 12.5. The summed E-state index contributed by atoms with van der Waals surface area (Å²) in [5.41, 5.74) is 2.77. The van der Waals surface area contributed by atoms with Crippen molar-refractivity contribution >= 4 is 11.3 Å². The van der Waals surface area contributed by atoms with Crippen molar-refractivity contribution in [3.8, 4) is 5.75 Å². The summed E-state index contributed by atoms with van der Waals surface area (Å²) in [7, 11) is 1.47. The molecule has 20 heavy (non-hydrogen) atoms. The zero-order chi connectivity index (χ0) is 14.4. The predicted molar refractivity (Wildman–Crippen MR) is 79.8 cm³/mol. The Labute approximate surface area is 122 Å². The number of nitrogens with zero attached hydrogens (tertiary/aromatic N) is 1. The molecule has 0 saturated heterocycles. The summed E-state index contributed by atoms with van der Waals surface area (Å²) in [6, 6.07) is 5.30. The van der Waals surface area contributed by atoms with Crippen LogP contribution in [0, 0.1) is 5.82 Å². The van der Waals surface area contributed by atoms with Crippen molar-refractivity contribution < 1.29 is 9.13 Å². The lowest BCUT2D eigenvalue weighted by molar-refractivity contribution is 0.386. The number of benzene rings is 1. The Morgan fingerprint density at radius 1 is 1.45 bits per heavy atom. The first-order valence-corrected chi connectivity index (χ1v) is 7.56. The SMILES string of the molecule is CCCNC(Cc1ccc(OC)c(F)c1)c1cncs1. The predicted octanol–water partition coefficient (Wildman–Crippen LogP) is 3.57. The van der Waals surface area contributed by atoms with E-state index in [4.69, 9.17) is 4.74 Å². The number of methoxy groups -OCH3 is 1. The third kappa shape index (κ3) is 3.77. The number of ether oxygens (including phenoxy) is 1. The molecular weight excluding hydrogens is 275 g/mol. The summed E-state index contributed by atoms with van der Waals surface area (Å²) in [6.45, 7) is 3.06. The molecule has 3 nitrogen and oxygen atoms in total. The van der Waals surface area contributed by atoms with Gasteiger partial charge in [0, 0.05) is 17.1 Å². The largest absolute Gasteiger partial charge is 0.494 e. The van der Waals surface area contributed by atoms with E-state index in [0.717, 1.165) is 24.9 Å². The maximum atomic E-state index is 13.7. The topological polar surface area (TPSA) is 34.1 Å². The van der Waals surface area contributed by atoms with Gasteiger partial charge in [0.1, 0.15) is 0 Å². The number of hydrogen-bond donors (Lipinski definition) is 1. The van der Waals surface area contributed by atoms with Crippen molar-refractivity contribution in [1.29, 1.82) is 0 Å². The Morgan fingerprint density at radius 3 is 2.90 bits per heavy atom. The minimum atomic E-state index is -0.316. The van der Waals surface area contributed by atoms with Gasteiger partial charge < -0.3 is 10.1 Å². The molecule has 0 spiro atoms. The first-order chi connectivity index (χ1) is 9.74. The van der Waals surface area contributed by atoms with Gasteiger partial charge in [-0.2, -0.15) is 0 Å². The summed E-state index contributed by atoms with van der Waals surface area (Å²) in [4.78, 5) is 5.30. The average molecular weight is 294 g/mol. The van der Waals surface area contributed by atoms with Crippen molar-refractivity contribution in [2.24, 2.45) is 0 Å². The minimum Gasteiger partial charge on any atom is -0.494 e. The van der Waals surface area contributed by atoms with Crippen LogP contribution in [0.2, 0.25) is 0 Å². The second-order valence-electron chi connectivity index (χ2n) is 4.58. The quantitative estimate of drug-likeness (QED) is 0.847. The van der Waals surface area contributed by atoms with Crippen molar-refractivity contribution in [3.05, 3.63) is 46.2 Å². The molecule has 0 saturated carbocycles. The second kappa shape index (κ2) is 7.36. The number of thiazole rings is 1. The zero-order valence-electron chi connectivity index (χ0n) is 11.7. The van der Waals surface area contributed by atoms with Crippen LogP contribution in [0.25, 0.3) is 0 Å². The van der Waals surface area contributed by atoms with Gasteiger partial charge in [-0.05, 0) is 37.1 Å². The number of rotatable bonds is 7. The Kier molecular flexibility index (Phi) is 5.49. The van der Waals surface area contributed by atoms with Gasteiger partial charge in [-0.25, -0.2) is 4.39 Å². The molecule has 108 valence electrons. The number of halogens is 1. The van der Waals surface area contributed by atoms with E-state index in [1.54, 1.807) is 23.5 Å². The Balaban J connectivity index is 2.13. The highest BCUT2D eigenvalue weighted by Crippen LogP contribution is 2.24. The smallest absolute Gasteiger partial charge is 0.165 e. The normalized spacial score (nSPS) is 12.3. The fourth-order valence-corrected chi connectivity index (χ4v) is 2.76. The fraction of sp³-hybridized carbons (Fsp3) is 0.400. The van der Waals surface area contributed by atoms with Crippen LogP contribution in [-0.4, -0.2) is 18.6 Å². The average Bonchev–Trinajstić information content (AvgIpc) is 2.97. The lowest BCUT2D eigenvalue weighted by Gasteiger charge is -2.17. The molecule has 1 aromatic carbocycles. The van der Waals surface area contributed by atoms with Crippen LogP contribution >= 0.6 is 11.3 Å². The maximum Gasteiger partial charge on any atom is 0.165 e. The number of aromatic nitrogens is 1. The molecule has 2 rings (SSSR count). The van der Waals surface area contributed by atoms with Gasteiger partial charge in [-0.1, -0.05) is 13.0 Å². The van der Waals surface area contributed by atoms with E-state index in [9.17, 15) is 4.39 Å². The van der Waals surface area contributed by atoms with Crippen LogP contribution in [0.15, 0.2) is 29.9 Å². The molecule has 0 aliphatic rings. The standard InChI is InChI=1S/C15H19FN2OS/c1-3-6-18-13(15-9-17-10-20-15)8-11-4-5-14(19-2)12(16)7-11/h4-5,7,9-10,13,18H,3,6,8H2,1-2H3. The van der Waals surface area contributed by atoms with E-state index in [1.807, 2.05) is 17.8 Å². The highest BCUT2D eigenvalue weighted by Gasteiger charge is 2.14. The molecule has 1 aromatic heterocycles. The summed E-state index contributed by atoms with van der Waals surface area (Å²) < 4.78 is 18.7. The molecule has 0 radical (unpaired) electrons. The number of hydrogen-bond acceptors (Lipinski definition) is 4. The lowest BCUT2D eigenvalue weighted by Crippen LogP contribution is -2.23. The molecule has 1 unspecified atom stereocenters. The molecule has 0 amide bonds. The Hall–Kier alpha value is -1.46.